The van der Waals surface area contributed by atoms with Gasteiger partial charge in [0.25, 0.3) is 5.91 Å². The number of hydrogen-bond acceptors (Lipinski definition) is 5. The van der Waals surface area contributed by atoms with E-state index in [4.69, 9.17) is 0 Å². The molecule has 0 bridgehead atoms. The number of nitrogens with zero attached hydrogens (tertiary/aromatic N) is 6. The summed E-state index contributed by atoms with van der Waals surface area (Å²) in [4.78, 5) is 17.1. The number of rotatable bonds is 3. The minimum atomic E-state index is -0.747. The predicted octanol–water partition coefficient (Wildman–Crippen LogP) is 2.82. The second-order valence-corrected chi connectivity index (χ2v) is 7.35. The van der Waals surface area contributed by atoms with Crippen molar-refractivity contribution in [2.45, 2.75) is 13.3 Å². The molecule has 4 rings (SSSR count). The van der Waals surface area contributed by atoms with Crippen LogP contribution in [0.4, 0.5) is 14.6 Å². The summed E-state index contributed by atoms with van der Waals surface area (Å²) in [6.07, 6.45) is 2.34. The summed E-state index contributed by atoms with van der Waals surface area (Å²) in [5.74, 6) is -0.862. The summed E-state index contributed by atoms with van der Waals surface area (Å²) in [5, 5.41) is 12.6. The number of carbonyl (C=O) groups is 1. The minimum absolute atomic E-state index is 0.103. The van der Waals surface area contributed by atoms with E-state index < -0.39 is 11.6 Å². The Morgan fingerprint density at radius 3 is 2.60 bits per heavy atom. The van der Waals surface area contributed by atoms with Crippen molar-refractivity contribution < 1.29 is 13.6 Å². The number of halogens is 2. The van der Waals surface area contributed by atoms with Crippen LogP contribution in [0.15, 0.2) is 36.5 Å². The summed E-state index contributed by atoms with van der Waals surface area (Å²) in [6, 6.07) is 7.11. The first-order valence-corrected chi connectivity index (χ1v) is 9.76. The van der Waals surface area contributed by atoms with Crippen molar-refractivity contribution >= 4 is 11.7 Å². The Bertz CT molecular complexity index is 1070. The molecule has 1 aliphatic rings. The molecule has 1 aromatic carbocycles. The first-order valence-electron chi connectivity index (χ1n) is 9.76. The summed E-state index contributed by atoms with van der Waals surface area (Å²) >= 11 is 0. The predicted molar refractivity (Wildman–Crippen MR) is 108 cm³/mol. The second-order valence-electron chi connectivity index (χ2n) is 7.35. The van der Waals surface area contributed by atoms with Crippen LogP contribution in [0.2, 0.25) is 0 Å². The van der Waals surface area contributed by atoms with Crippen molar-refractivity contribution in [3.05, 3.63) is 59.4 Å². The van der Waals surface area contributed by atoms with E-state index in [0.717, 1.165) is 36.6 Å². The second kappa shape index (κ2) is 8.17. The van der Waals surface area contributed by atoms with Crippen LogP contribution in [0.3, 0.4) is 0 Å². The molecule has 1 aliphatic heterocycles. The average Bonchev–Trinajstić information content (AvgIpc) is 2.94. The van der Waals surface area contributed by atoms with Gasteiger partial charge in [-0.15, -0.1) is 5.10 Å². The zero-order valence-electron chi connectivity index (χ0n) is 16.8. The van der Waals surface area contributed by atoms with Crippen molar-refractivity contribution in [1.82, 2.24) is 24.9 Å². The Labute approximate surface area is 172 Å². The van der Waals surface area contributed by atoms with Crippen LogP contribution >= 0.6 is 0 Å². The lowest BCUT2D eigenvalue weighted by Crippen LogP contribution is -2.35. The number of aryl methyl sites for hydroxylation is 2. The Morgan fingerprint density at radius 2 is 1.87 bits per heavy atom. The highest BCUT2D eigenvalue weighted by Gasteiger charge is 2.26. The molecule has 0 spiro atoms. The van der Waals surface area contributed by atoms with Gasteiger partial charge in [0, 0.05) is 51.1 Å². The Morgan fingerprint density at radius 1 is 1.03 bits per heavy atom. The maximum Gasteiger partial charge on any atom is 0.257 e. The summed E-state index contributed by atoms with van der Waals surface area (Å²) in [5.41, 5.74) is 1.46. The van der Waals surface area contributed by atoms with Gasteiger partial charge in [0.2, 0.25) is 0 Å². The molecular formula is C21H22F2N6O. The van der Waals surface area contributed by atoms with E-state index >= 15 is 0 Å². The van der Waals surface area contributed by atoms with Crippen molar-refractivity contribution in [3.63, 3.8) is 0 Å². The van der Waals surface area contributed by atoms with Gasteiger partial charge in [0.05, 0.1) is 11.3 Å². The van der Waals surface area contributed by atoms with E-state index in [1.807, 2.05) is 19.1 Å². The first kappa shape index (κ1) is 19.9. The van der Waals surface area contributed by atoms with Gasteiger partial charge in [-0.2, -0.15) is 10.2 Å². The zero-order valence-corrected chi connectivity index (χ0v) is 16.8. The smallest absolute Gasteiger partial charge is 0.257 e. The van der Waals surface area contributed by atoms with E-state index in [9.17, 15) is 13.6 Å². The number of hydrogen-bond donors (Lipinski definition) is 0. The fourth-order valence-electron chi connectivity index (χ4n) is 3.61. The normalized spacial score (nSPS) is 14.7. The standard InChI is InChI=1S/C21H22F2N6O/c1-14-4-7-19(25-24-14)28-8-3-9-29(11-10-28)21(30)17-13-27(2)26-20(17)16-6-5-15(22)12-18(16)23/h4-7,12-13H,3,8-11H2,1-2H3. The van der Waals surface area contributed by atoms with Gasteiger partial charge in [-0.1, -0.05) is 0 Å². The van der Waals surface area contributed by atoms with Crippen LogP contribution in [0, 0.1) is 18.6 Å². The highest BCUT2D eigenvalue weighted by Crippen LogP contribution is 2.27. The van der Waals surface area contributed by atoms with Crippen LogP contribution < -0.4 is 4.90 Å². The largest absolute Gasteiger partial charge is 0.353 e. The number of carbonyl (C=O) groups excluding carboxylic acids is 1. The molecule has 2 aromatic heterocycles. The van der Waals surface area contributed by atoms with Gasteiger partial charge < -0.3 is 9.80 Å². The fraction of sp³-hybridized carbons (Fsp3) is 0.333. The highest BCUT2D eigenvalue weighted by atomic mass is 19.1. The van der Waals surface area contributed by atoms with Crippen LogP contribution in [0.1, 0.15) is 22.5 Å². The lowest BCUT2D eigenvalue weighted by molar-refractivity contribution is 0.0767. The van der Waals surface area contributed by atoms with Gasteiger partial charge in [-0.3, -0.25) is 9.48 Å². The Hall–Kier alpha value is -3.36. The Kier molecular flexibility index (Phi) is 5.43. The van der Waals surface area contributed by atoms with Gasteiger partial charge in [-0.25, -0.2) is 8.78 Å². The third kappa shape index (κ3) is 4.00. The lowest BCUT2D eigenvalue weighted by atomic mass is 10.1. The van der Waals surface area contributed by atoms with Crippen LogP contribution in [-0.2, 0) is 7.05 Å². The van der Waals surface area contributed by atoms with Crippen LogP contribution in [0.5, 0.6) is 0 Å². The van der Waals surface area contributed by atoms with E-state index in [-0.39, 0.29) is 17.2 Å². The van der Waals surface area contributed by atoms with Gasteiger partial charge in [-0.05, 0) is 37.6 Å². The molecule has 1 amide bonds. The molecule has 0 N–H and O–H groups in total. The van der Waals surface area contributed by atoms with Crippen molar-refractivity contribution in [2.24, 2.45) is 7.05 Å². The maximum absolute atomic E-state index is 14.3. The third-order valence-corrected chi connectivity index (χ3v) is 5.14. The van der Waals surface area contributed by atoms with Crippen molar-refractivity contribution in [2.75, 3.05) is 31.1 Å². The van der Waals surface area contributed by atoms with Gasteiger partial charge in [0.1, 0.15) is 17.3 Å². The van der Waals surface area contributed by atoms with Gasteiger partial charge >= 0.3 is 0 Å². The van der Waals surface area contributed by atoms with E-state index in [0.29, 0.717) is 25.2 Å². The van der Waals surface area contributed by atoms with Crippen molar-refractivity contribution in [1.29, 1.82) is 0 Å². The van der Waals surface area contributed by atoms with Crippen molar-refractivity contribution in [3.8, 4) is 11.3 Å². The first-order chi connectivity index (χ1) is 14.4. The monoisotopic (exact) mass is 412 g/mol. The Balaban J connectivity index is 1.56. The molecular weight excluding hydrogens is 390 g/mol. The fourth-order valence-corrected chi connectivity index (χ4v) is 3.61. The topological polar surface area (TPSA) is 67.2 Å². The number of aromatic nitrogens is 4. The van der Waals surface area contributed by atoms with Crippen LogP contribution in [0.25, 0.3) is 11.3 Å². The molecule has 7 nitrogen and oxygen atoms in total. The molecule has 1 fully saturated rings. The van der Waals surface area contributed by atoms with E-state index in [2.05, 4.69) is 20.2 Å². The number of anilines is 1. The highest BCUT2D eigenvalue weighted by molar-refractivity contribution is 6.00. The maximum atomic E-state index is 14.3. The molecule has 9 heteroatoms. The summed E-state index contributed by atoms with van der Waals surface area (Å²) < 4.78 is 29.1. The summed E-state index contributed by atoms with van der Waals surface area (Å²) in [7, 11) is 1.67. The molecule has 3 aromatic rings. The van der Waals surface area contributed by atoms with Gasteiger partial charge in [0.15, 0.2) is 5.82 Å². The summed E-state index contributed by atoms with van der Waals surface area (Å²) in [6.45, 7) is 4.32. The molecule has 3 heterocycles. The molecule has 0 saturated carbocycles. The minimum Gasteiger partial charge on any atom is -0.353 e. The number of benzene rings is 1. The van der Waals surface area contributed by atoms with E-state index in [1.54, 1.807) is 18.1 Å². The molecule has 0 atom stereocenters. The zero-order chi connectivity index (χ0) is 21.3. The molecule has 0 aliphatic carbocycles. The van der Waals surface area contributed by atoms with Crippen LogP contribution in [-0.4, -0.2) is 57.0 Å². The molecule has 30 heavy (non-hydrogen) atoms. The molecule has 1 saturated heterocycles. The number of amides is 1. The average molecular weight is 412 g/mol. The SMILES string of the molecule is Cc1ccc(N2CCCN(C(=O)c3cn(C)nc3-c3ccc(F)cc3F)CC2)nn1. The molecule has 0 unspecified atom stereocenters. The van der Waals surface area contributed by atoms with E-state index in [1.165, 1.54) is 10.7 Å². The quantitative estimate of drug-likeness (QED) is 0.662. The molecule has 156 valence electrons. The lowest BCUT2D eigenvalue weighted by Gasteiger charge is -2.22. The molecule has 0 radical (unpaired) electrons. The third-order valence-electron chi connectivity index (χ3n) is 5.14.